The average Bonchev–Trinajstić information content (AvgIpc) is 3.00. The van der Waals surface area contributed by atoms with Crippen LogP contribution in [0.15, 0.2) is 10.3 Å². The molecule has 0 bridgehead atoms. The second kappa shape index (κ2) is 7.19. The summed E-state index contributed by atoms with van der Waals surface area (Å²) >= 11 is 1.35. The Morgan fingerprint density at radius 1 is 1.38 bits per heavy atom. The quantitative estimate of drug-likeness (QED) is 0.796. The van der Waals surface area contributed by atoms with Crippen LogP contribution in [0, 0.1) is 6.92 Å². The Kier molecular flexibility index (Phi) is 5.79. The lowest BCUT2D eigenvalue weighted by atomic mass is 10.3. The van der Waals surface area contributed by atoms with Crippen molar-refractivity contribution in [3.05, 3.63) is 16.5 Å². The highest BCUT2D eigenvalue weighted by Gasteiger charge is 2.23. The van der Waals surface area contributed by atoms with Crippen LogP contribution in [0.1, 0.15) is 30.2 Å². The molecule has 0 aliphatic carbocycles. The highest BCUT2D eigenvalue weighted by atomic mass is 32.2. The molecule has 0 spiro atoms. The first-order valence-electron chi connectivity index (χ1n) is 7.41. The minimum absolute atomic E-state index is 0.0664. The fourth-order valence-electron chi connectivity index (χ4n) is 2.67. The first kappa shape index (κ1) is 16.9. The van der Waals surface area contributed by atoms with Crippen molar-refractivity contribution in [1.29, 1.82) is 0 Å². The van der Waals surface area contributed by atoms with Gasteiger partial charge < -0.3 is 10.2 Å². The Hall–Kier alpha value is -0.470. The number of nitrogens with zero attached hydrogens (tertiary/aromatic N) is 1. The largest absolute Gasteiger partial charge is 0.315 e. The summed E-state index contributed by atoms with van der Waals surface area (Å²) in [5.74, 6) is 0. The summed E-state index contributed by atoms with van der Waals surface area (Å²) in [5.41, 5.74) is 1.03. The zero-order valence-electron chi connectivity index (χ0n) is 13.0. The Labute approximate surface area is 131 Å². The first-order valence-corrected chi connectivity index (χ1v) is 9.71. The summed E-state index contributed by atoms with van der Waals surface area (Å²) in [5, 5.41) is 3.07. The molecule has 120 valence electrons. The zero-order valence-corrected chi connectivity index (χ0v) is 14.6. The number of hydrogen-bond acceptors (Lipinski definition) is 5. The second-order valence-electron chi connectivity index (χ2n) is 5.73. The molecule has 2 rings (SSSR count). The second-order valence-corrected chi connectivity index (χ2v) is 8.81. The van der Waals surface area contributed by atoms with Crippen molar-refractivity contribution >= 4 is 21.4 Å². The van der Waals surface area contributed by atoms with Gasteiger partial charge in [-0.1, -0.05) is 0 Å². The van der Waals surface area contributed by atoms with Crippen LogP contribution in [0.2, 0.25) is 0 Å². The predicted molar refractivity (Wildman–Crippen MR) is 87.3 cm³/mol. The smallest absolute Gasteiger partial charge is 0.250 e. The van der Waals surface area contributed by atoms with Crippen molar-refractivity contribution in [2.45, 2.75) is 43.5 Å². The van der Waals surface area contributed by atoms with Crippen LogP contribution in [-0.2, 0) is 16.6 Å². The maximum atomic E-state index is 12.4. The minimum Gasteiger partial charge on any atom is -0.315 e. The average molecular weight is 332 g/mol. The molecular formula is C14H25N3O2S2. The van der Waals surface area contributed by atoms with Crippen molar-refractivity contribution in [2.75, 3.05) is 26.7 Å². The van der Waals surface area contributed by atoms with Crippen LogP contribution >= 0.6 is 11.3 Å². The Bertz CT molecular complexity index is 563. The summed E-state index contributed by atoms with van der Waals surface area (Å²) in [7, 11) is -1.54. The van der Waals surface area contributed by atoms with Gasteiger partial charge in [-0.25, -0.2) is 13.1 Å². The molecule has 21 heavy (non-hydrogen) atoms. The van der Waals surface area contributed by atoms with E-state index >= 15 is 0 Å². The van der Waals surface area contributed by atoms with E-state index < -0.39 is 10.0 Å². The van der Waals surface area contributed by atoms with E-state index in [0.717, 1.165) is 30.1 Å². The molecule has 0 aromatic carbocycles. The number of rotatable bonds is 7. The van der Waals surface area contributed by atoms with Gasteiger partial charge in [0, 0.05) is 24.0 Å². The molecule has 1 saturated heterocycles. The monoisotopic (exact) mass is 331 g/mol. The molecule has 1 aromatic rings. The SMILES string of the molecule is CNCc1sc(S(=O)(=O)NC(C)CN2CCCC2)cc1C. The van der Waals surface area contributed by atoms with Crippen LogP contribution in [-0.4, -0.2) is 46.0 Å². The molecule has 1 aromatic heterocycles. The van der Waals surface area contributed by atoms with Gasteiger partial charge in [0.05, 0.1) is 0 Å². The van der Waals surface area contributed by atoms with E-state index in [-0.39, 0.29) is 6.04 Å². The number of thiophene rings is 1. The molecule has 5 nitrogen and oxygen atoms in total. The highest BCUT2D eigenvalue weighted by Crippen LogP contribution is 2.26. The number of likely N-dealkylation sites (tertiary alicyclic amines) is 1. The van der Waals surface area contributed by atoms with Crippen molar-refractivity contribution in [3.63, 3.8) is 0 Å². The van der Waals surface area contributed by atoms with Gasteiger partial charge >= 0.3 is 0 Å². The van der Waals surface area contributed by atoms with E-state index in [1.165, 1.54) is 24.2 Å². The number of sulfonamides is 1. The van der Waals surface area contributed by atoms with Crippen molar-refractivity contribution < 1.29 is 8.42 Å². The lowest BCUT2D eigenvalue weighted by Gasteiger charge is -2.20. The first-order chi connectivity index (χ1) is 9.92. The molecule has 0 saturated carbocycles. The molecule has 1 aliphatic heterocycles. The van der Waals surface area contributed by atoms with Gasteiger partial charge in [0.1, 0.15) is 4.21 Å². The van der Waals surface area contributed by atoms with E-state index in [4.69, 9.17) is 0 Å². The minimum atomic E-state index is -3.41. The summed E-state index contributed by atoms with van der Waals surface area (Å²) in [4.78, 5) is 3.39. The number of aryl methyl sites for hydroxylation is 1. The van der Waals surface area contributed by atoms with Gasteiger partial charge in [-0.05, 0) is 58.5 Å². The van der Waals surface area contributed by atoms with Crippen LogP contribution in [0.3, 0.4) is 0 Å². The fraction of sp³-hybridized carbons (Fsp3) is 0.714. The number of hydrogen-bond donors (Lipinski definition) is 2. The normalized spacial score (nSPS) is 18.2. The maximum Gasteiger partial charge on any atom is 0.250 e. The third-order valence-corrected chi connectivity index (χ3v) is 6.99. The van der Waals surface area contributed by atoms with Gasteiger partial charge in [-0.2, -0.15) is 0 Å². The van der Waals surface area contributed by atoms with Crippen LogP contribution in [0.5, 0.6) is 0 Å². The van der Waals surface area contributed by atoms with E-state index in [1.807, 2.05) is 20.9 Å². The summed E-state index contributed by atoms with van der Waals surface area (Å²) in [6, 6.07) is 1.70. The molecule has 1 fully saturated rings. The van der Waals surface area contributed by atoms with Gasteiger partial charge in [-0.3, -0.25) is 0 Å². The van der Waals surface area contributed by atoms with Gasteiger partial charge in [-0.15, -0.1) is 11.3 Å². The Morgan fingerprint density at radius 3 is 2.67 bits per heavy atom. The molecule has 0 radical (unpaired) electrons. The highest BCUT2D eigenvalue weighted by molar-refractivity contribution is 7.91. The lowest BCUT2D eigenvalue weighted by Crippen LogP contribution is -2.40. The molecule has 1 aliphatic rings. The summed E-state index contributed by atoms with van der Waals surface area (Å²) in [6.45, 7) is 7.54. The maximum absolute atomic E-state index is 12.4. The predicted octanol–water partition coefficient (Wildman–Crippen LogP) is 1.54. The molecule has 2 heterocycles. The molecular weight excluding hydrogens is 306 g/mol. The molecule has 7 heteroatoms. The topological polar surface area (TPSA) is 61.4 Å². The Balaban J connectivity index is 2.01. The third-order valence-electron chi connectivity index (χ3n) is 3.69. The van der Waals surface area contributed by atoms with Crippen molar-refractivity contribution in [1.82, 2.24) is 14.9 Å². The standard InChI is InChI=1S/C14H25N3O2S2/c1-11-8-14(20-13(11)9-15-3)21(18,19)16-12(2)10-17-6-4-5-7-17/h8,12,15-16H,4-7,9-10H2,1-3H3. The summed E-state index contributed by atoms with van der Waals surface area (Å²) in [6.07, 6.45) is 2.44. The van der Waals surface area contributed by atoms with Crippen LogP contribution in [0.4, 0.5) is 0 Å². The van der Waals surface area contributed by atoms with Gasteiger partial charge in [0.25, 0.3) is 0 Å². The third kappa shape index (κ3) is 4.50. The van der Waals surface area contributed by atoms with E-state index in [1.54, 1.807) is 6.07 Å². The van der Waals surface area contributed by atoms with E-state index in [9.17, 15) is 8.42 Å². The van der Waals surface area contributed by atoms with E-state index in [0.29, 0.717) is 10.8 Å². The van der Waals surface area contributed by atoms with Crippen molar-refractivity contribution in [2.24, 2.45) is 0 Å². The van der Waals surface area contributed by atoms with Gasteiger partial charge in [0.15, 0.2) is 0 Å². The molecule has 1 atom stereocenters. The van der Waals surface area contributed by atoms with Crippen LogP contribution in [0.25, 0.3) is 0 Å². The fourth-order valence-corrected chi connectivity index (χ4v) is 5.52. The lowest BCUT2D eigenvalue weighted by molar-refractivity contribution is 0.313. The molecule has 1 unspecified atom stereocenters. The summed E-state index contributed by atoms with van der Waals surface area (Å²) < 4.78 is 28.1. The Morgan fingerprint density at radius 2 is 2.05 bits per heavy atom. The molecule has 0 amide bonds. The zero-order chi connectivity index (χ0) is 15.5. The van der Waals surface area contributed by atoms with Gasteiger partial charge in [0.2, 0.25) is 10.0 Å². The van der Waals surface area contributed by atoms with Crippen LogP contribution < -0.4 is 10.0 Å². The number of nitrogens with one attached hydrogen (secondary N) is 2. The van der Waals surface area contributed by atoms with E-state index in [2.05, 4.69) is 14.9 Å². The van der Waals surface area contributed by atoms with Crippen molar-refractivity contribution in [3.8, 4) is 0 Å². The molecule has 2 N–H and O–H groups in total.